The number of carboxylic acid groups (broad SMARTS) is 1. The number of hydrogen-bond acceptors (Lipinski definition) is 2. The number of anilines is 1. The van der Waals surface area contributed by atoms with Gasteiger partial charge in [0.15, 0.2) is 0 Å². The van der Waals surface area contributed by atoms with E-state index in [0.29, 0.717) is 31.7 Å². The molecule has 5 nitrogen and oxygen atoms in total. The van der Waals surface area contributed by atoms with Gasteiger partial charge in [0.25, 0.3) is 0 Å². The Hall–Kier alpha value is -2.47. The van der Waals surface area contributed by atoms with Crippen molar-refractivity contribution in [1.82, 2.24) is 9.47 Å². The van der Waals surface area contributed by atoms with Gasteiger partial charge in [0, 0.05) is 36.0 Å². The summed E-state index contributed by atoms with van der Waals surface area (Å²) in [7, 11) is 0. The maximum Gasteiger partial charge on any atom is 0.407 e. The average molecular weight is 402 g/mol. The Bertz CT molecular complexity index is 874. The second-order valence-electron chi connectivity index (χ2n) is 5.97. The maximum atomic E-state index is 11.5. The third kappa shape index (κ3) is 4.33. The number of amides is 1. The van der Waals surface area contributed by atoms with Crippen molar-refractivity contribution in [3.8, 4) is 0 Å². The first-order chi connectivity index (χ1) is 12.0. The summed E-state index contributed by atoms with van der Waals surface area (Å²) in [5.74, 6) is 0. The molecular weight excluding hydrogens is 382 g/mol. The van der Waals surface area contributed by atoms with Crippen LogP contribution in [0.3, 0.4) is 0 Å². The van der Waals surface area contributed by atoms with Gasteiger partial charge in [-0.1, -0.05) is 34.1 Å². The summed E-state index contributed by atoms with van der Waals surface area (Å²) in [4.78, 5) is 13.0. The molecule has 1 heterocycles. The zero-order valence-electron chi connectivity index (χ0n) is 13.7. The third-order valence-corrected chi connectivity index (χ3v) is 4.79. The summed E-state index contributed by atoms with van der Waals surface area (Å²) < 4.78 is 3.06. The average Bonchev–Trinajstić information content (AvgIpc) is 2.98. The van der Waals surface area contributed by atoms with E-state index in [2.05, 4.69) is 15.9 Å². The zero-order valence-corrected chi connectivity index (χ0v) is 15.3. The molecule has 0 saturated heterocycles. The molecule has 130 valence electrons. The molecule has 0 fully saturated rings. The molecule has 0 bridgehead atoms. The normalized spacial score (nSPS) is 10.9. The van der Waals surface area contributed by atoms with Crippen molar-refractivity contribution >= 4 is 38.6 Å². The van der Waals surface area contributed by atoms with Crippen molar-refractivity contribution in [1.29, 1.82) is 0 Å². The molecule has 0 atom stereocenters. The Balaban J connectivity index is 1.64. The number of hydrogen-bond donors (Lipinski definition) is 2. The predicted octanol–water partition coefficient (Wildman–Crippen LogP) is 4.21. The van der Waals surface area contributed by atoms with E-state index >= 15 is 0 Å². The van der Waals surface area contributed by atoms with E-state index in [-0.39, 0.29) is 0 Å². The highest BCUT2D eigenvalue weighted by Gasteiger charge is 2.12. The Morgan fingerprint density at radius 1 is 1.12 bits per heavy atom. The lowest BCUT2D eigenvalue weighted by Crippen LogP contribution is -2.34. The number of nitrogens with zero attached hydrogens (tertiary/aromatic N) is 2. The highest BCUT2D eigenvalue weighted by molar-refractivity contribution is 9.10. The number of nitrogen functional groups attached to an aromatic ring is 1. The van der Waals surface area contributed by atoms with E-state index < -0.39 is 6.09 Å². The van der Waals surface area contributed by atoms with Crippen molar-refractivity contribution in [2.75, 3.05) is 18.8 Å². The first kappa shape index (κ1) is 17.4. The minimum atomic E-state index is -0.895. The molecule has 0 aliphatic rings. The first-order valence-electron chi connectivity index (χ1n) is 8.09. The molecule has 0 radical (unpaired) electrons. The standard InChI is InChI=1S/C19H20BrN3O2/c20-16-4-1-14(2-5-16)7-9-23(19(24)25)12-11-22-10-8-15-3-6-17(21)13-18(15)22/h1-6,8,10,13H,7,9,11-12,21H2,(H,24,25). The number of halogens is 1. The zero-order chi connectivity index (χ0) is 17.8. The molecule has 0 saturated carbocycles. The van der Waals surface area contributed by atoms with E-state index in [4.69, 9.17) is 5.73 Å². The lowest BCUT2D eigenvalue weighted by molar-refractivity contribution is 0.144. The molecule has 0 unspecified atom stereocenters. The van der Waals surface area contributed by atoms with E-state index in [9.17, 15) is 9.90 Å². The fourth-order valence-electron chi connectivity index (χ4n) is 2.84. The van der Waals surface area contributed by atoms with Crippen molar-refractivity contribution in [3.05, 3.63) is 64.8 Å². The molecule has 3 aromatic rings. The van der Waals surface area contributed by atoms with Gasteiger partial charge < -0.3 is 20.3 Å². The van der Waals surface area contributed by atoms with Crippen molar-refractivity contribution in [2.45, 2.75) is 13.0 Å². The second kappa shape index (κ2) is 7.61. The lowest BCUT2D eigenvalue weighted by Gasteiger charge is -2.20. The fraction of sp³-hybridized carbons (Fsp3) is 0.211. The first-order valence-corrected chi connectivity index (χ1v) is 8.89. The van der Waals surface area contributed by atoms with Gasteiger partial charge in [0.2, 0.25) is 0 Å². The molecule has 3 N–H and O–H groups in total. The van der Waals surface area contributed by atoms with Gasteiger partial charge in [0.1, 0.15) is 0 Å². The third-order valence-electron chi connectivity index (χ3n) is 4.26. The number of benzene rings is 2. The molecule has 0 aliphatic carbocycles. The minimum Gasteiger partial charge on any atom is -0.465 e. The van der Waals surface area contributed by atoms with Crippen LogP contribution in [0.4, 0.5) is 10.5 Å². The summed E-state index contributed by atoms with van der Waals surface area (Å²) in [5.41, 5.74) is 8.71. The number of rotatable bonds is 6. The van der Waals surface area contributed by atoms with Crippen LogP contribution in [0.25, 0.3) is 10.9 Å². The van der Waals surface area contributed by atoms with Gasteiger partial charge in [-0.15, -0.1) is 0 Å². The van der Waals surface area contributed by atoms with E-state index in [0.717, 1.165) is 20.9 Å². The Morgan fingerprint density at radius 2 is 1.88 bits per heavy atom. The molecule has 1 aromatic heterocycles. The van der Waals surface area contributed by atoms with E-state index in [1.807, 2.05) is 59.3 Å². The number of nitrogens with two attached hydrogens (primary N) is 1. The van der Waals surface area contributed by atoms with Crippen molar-refractivity contribution in [3.63, 3.8) is 0 Å². The van der Waals surface area contributed by atoms with Gasteiger partial charge in [-0.2, -0.15) is 0 Å². The quantitative estimate of drug-likeness (QED) is 0.607. The fourth-order valence-corrected chi connectivity index (χ4v) is 3.11. The van der Waals surface area contributed by atoms with Crippen molar-refractivity contribution < 1.29 is 9.90 Å². The van der Waals surface area contributed by atoms with E-state index in [1.54, 1.807) is 0 Å². The van der Waals surface area contributed by atoms with Crippen LogP contribution in [0, 0.1) is 0 Å². The highest BCUT2D eigenvalue weighted by Crippen LogP contribution is 2.19. The molecule has 3 rings (SSSR count). The maximum absolute atomic E-state index is 11.5. The van der Waals surface area contributed by atoms with Gasteiger partial charge in [-0.05, 0) is 47.7 Å². The molecule has 2 aromatic carbocycles. The minimum absolute atomic E-state index is 0.435. The highest BCUT2D eigenvalue weighted by atomic mass is 79.9. The lowest BCUT2D eigenvalue weighted by atomic mass is 10.1. The Labute approximate surface area is 154 Å². The van der Waals surface area contributed by atoms with Crippen LogP contribution >= 0.6 is 15.9 Å². The van der Waals surface area contributed by atoms with Crippen LogP contribution in [0.5, 0.6) is 0 Å². The van der Waals surface area contributed by atoms with Gasteiger partial charge in [0.05, 0.1) is 5.52 Å². The molecule has 25 heavy (non-hydrogen) atoms. The summed E-state index contributed by atoms with van der Waals surface area (Å²) >= 11 is 3.40. The Morgan fingerprint density at radius 3 is 2.60 bits per heavy atom. The van der Waals surface area contributed by atoms with Crippen LogP contribution in [0.1, 0.15) is 5.56 Å². The summed E-state index contributed by atoms with van der Waals surface area (Å²) in [5, 5.41) is 10.6. The molecule has 1 amide bonds. The number of carbonyl (C=O) groups is 1. The van der Waals surface area contributed by atoms with Gasteiger partial charge in [-0.3, -0.25) is 0 Å². The topological polar surface area (TPSA) is 71.5 Å². The van der Waals surface area contributed by atoms with E-state index in [1.165, 1.54) is 4.90 Å². The SMILES string of the molecule is Nc1ccc2ccn(CCN(CCc3ccc(Br)cc3)C(=O)O)c2c1. The van der Waals surface area contributed by atoms with Gasteiger partial charge >= 0.3 is 6.09 Å². The molecule has 0 aliphatic heterocycles. The largest absolute Gasteiger partial charge is 0.465 e. The smallest absolute Gasteiger partial charge is 0.407 e. The second-order valence-corrected chi connectivity index (χ2v) is 6.89. The molecule has 0 spiro atoms. The molecule has 6 heteroatoms. The Kier molecular flexibility index (Phi) is 5.28. The van der Waals surface area contributed by atoms with Crippen LogP contribution < -0.4 is 5.73 Å². The summed E-state index contributed by atoms with van der Waals surface area (Å²) in [6.45, 7) is 1.50. The summed E-state index contributed by atoms with van der Waals surface area (Å²) in [6.07, 6.45) is 1.77. The number of fused-ring (bicyclic) bond motifs is 1. The van der Waals surface area contributed by atoms with Gasteiger partial charge in [-0.25, -0.2) is 4.79 Å². The summed E-state index contributed by atoms with van der Waals surface area (Å²) in [6, 6.07) is 15.7. The predicted molar refractivity (Wildman–Crippen MR) is 104 cm³/mol. The van der Waals surface area contributed by atoms with Crippen LogP contribution in [-0.4, -0.2) is 33.8 Å². The number of aromatic nitrogens is 1. The van der Waals surface area contributed by atoms with Crippen LogP contribution in [-0.2, 0) is 13.0 Å². The van der Waals surface area contributed by atoms with Crippen LogP contribution in [0.15, 0.2) is 59.2 Å². The van der Waals surface area contributed by atoms with Crippen LogP contribution in [0.2, 0.25) is 0 Å². The molecular formula is C19H20BrN3O2. The van der Waals surface area contributed by atoms with Crippen molar-refractivity contribution in [2.24, 2.45) is 0 Å². The monoisotopic (exact) mass is 401 g/mol.